The van der Waals surface area contributed by atoms with Crippen LogP contribution in [0, 0.1) is 0 Å². The van der Waals surface area contributed by atoms with Gasteiger partial charge in [0.1, 0.15) is 19.3 Å². The average molecular weight is 1060 g/mol. The van der Waals surface area contributed by atoms with E-state index in [2.05, 4.69) is 135 Å². The highest BCUT2D eigenvalue weighted by atomic mass is 31.2. The molecule has 0 aromatic heterocycles. The summed E-state index contributed by atoms with van der Waals surface area (Å²) in [7, 11) is 1.43. The van der Waals surface area contributed by atoms with Crippen LogP contribution in [-0.4, -0.2) is 74.3 Å². The maximum atomic E-state index is 13.5. The fourth-order valence-corrected chi connectivity index (χ4v) is 8.52. The first-order valence-electron chi connectivity index (χ1n) is 29.9. The zero-order chi connectivity index (χ0) is 55.0. The Morgan fingerprint density at radius 2 is 0.867 bits per heavy atom. The Kier molecular flexibility index (Phi) is 51.2. The van der Waals surface area contributed by atoms with Crippen LogP contribution >= 0.6 is 7.82 Å². The van der Waals surface area contributed by atoms with Crippen LogP contribution in [0.1, 0.15) is 226 Å². The second-order valence-corrected chi connectivity index (χ2v) is 22.2. The molecule has 0 spiro atoms. The lowest BCUT2D eigenvalue weighted by Crippen LogP contribution is -2.47. The highest BCUT2D eigenvalue weighted by Gasteiger charge is 2.30. The van der Waals surface area contributed by atoms with Crippen molar-refractivity contribution in [1.82, 2.24) is 5.32 Å². The SMILES string of the molecule is CC/C=C\C/C=C\C/C=C\C/C=C\C/C=C\CCCC(=O)NC(COP(=O)(O)OCC[N+](C)(C)C)C(/C=C/CCCCCCCCCCC)OC(=O)CCCCCCC/C=C\C/C=C\C/C=C\C/C=C\CCCCC. The third kappa shape index (κ3) is 55.0. The van der Waals surface area contributed by atoms with Crippen LogP contribution in [0.15, 0.2) is 122 Å². The maximum absolute atomic E-state index is 13.5. The first kappa shape index (κ1) is 71.4. The molecule has 10 heteroatoms. The van der Waals surface area contributed by atoms with Crippen LogP contribution in [0.4, 0.5) is 0 Å². The topological polar surface area (TPSA) is 111 Å². The largest absolute Gasteiger partial charge is 0.472 e. The standard InChI is InChI=1S/C65H111N2O7P/c1-7-10-13-16-19-22-25-27-29-31-32-33-34-36-38-40-43-46-49-52-55-58-65(69)74-63(56-53-50-47-44-41-24-21-18-15-12-9-3)62(61-73-75(70,71)72-60-59-67(4,5)6)66-64(68)57-54-51-48-45-42-39-37-35-30-28-26-23-20-17-14-11-8-2/h11,14,19-20,22-23,27-30,32-33,36-39,45,48,53,56,62-63H,7-10,12-13,15-18,21,24-26,31,34-35,40-44,46-47,49-52,54-55,57-61H2,1-6H3,(H-,66,68,70,71)/p+1/b14-11-,22-19-,23-20-,29-27-,30-28-,33-32-,38-36-,39-37-,48-45-,56-53+. The van der Waals surface area contributed by atoms with Crippen LogP contribution < -0.4 is 5.32 Å². The van der Waals surface area contributed by atoms with Gasteiger partial charge < -0.3 is 19.4 Å². The molecule has 75 heavy (non-hydrogen) atoms. The van der Waals surface area contributed by atoms with Crippen molar-refractivity contribution in [1.29, 1.82) is 0 Å². The number of phosphoric ester groups is 1. The van der Waals surface area contributed by atoms with Crippen LogP contribution in [0.3, 0.4) is 0 Å². The molecule has 0 bridgehead atoms. The van der Waals surface area contributed by atoms with E-state index in [0.717, 1.165) is 109 Å². The number of nitrogens with zero attached hydrogens (tertiary/aromatic N) is 1. The number of nitrogens with one attached hydrogen (secondary N) is 1. The van der Waals surface area contributed by atoms with Gasteiger partial charge in [0.25, 0.3) is 0 Å². The van der Waals surface area contributed by atoms with Crippen LogP contribution in [-0.2, 0) is 27.9 Å². The number of ether oxygens (including phenoxy) is 1. The average Bonchev–Trinajstić information content (AvgIpc) is 3.37. The van der Waals surface area contributed by atoms with E-state index < -0.39 is 20.0 Å². The highest BCUT2D eigenvalue weighted by Crippen LogP contribution is 2.43. The van der Waals surface area contributed by atoms with Gasteiger partial charge in [-0.25, -0.2) is 4.57 Å². The third-order valence-electron chi connectivity index (χ3n) is 12.4. The maximum Gasteiger partial charge on any atom is 0.472 e. The normalized spacial score (nSPS) is 14.6. The summed E-state index contributed by atoms with van der Waals surface area (Å²) in [6, 6.07) is -0.894. The summed E-state index contributed by atoms with van der Waals surface area (Å²) in [5, 5.41) is 3.01. The molecule has 0 fully saturated rings. The molecule has 0 saturated heterocycles. The Balaban J connectivity index is 5.39. The summed E-state index contributed by atoms with van der Waals surface area (Å²) in [6.45, 7) is 6.78. The molecule has 0 rings (SSSR count). The van der Waals surface area contributed by atoms with E-state index in [0.29, 0.717) is 23.9 Å². The van der Waals surface area contributed by atoms with Gasteiger partial charge in [0.05, 0.1) is 33.8 Å². The quantitative estimate of drug-likeness (QED) is 0.0205. The van der Waals surface area contributed by atoms with Crippen molar-refractivity contribution in [2.75, 3.05) is 40.9 Å². The molecular weight excluding hydrogens is 952 g/mol. The molecule has 2 N–H and O–H groups in total. The molecular formula is C65H112N2O7P+. The van der Waals surface area contributed by atoms with Crippen LogP contribution in [0.5, 0.6) is 0 Å². The molecule has 0 saturated carbocycles. The van der Waals surface area contributed by atoms with E-state index in [-0.39, 0.29) is 37.9 Å². The molecule has 428 valence electrons. The number of amides is 1. The second kappa shape index (κ2) is 53.8. The van der Waals surface area contributed by atoms with Crippen molar-refractivity contribution in [3.05, 3.63) is 122 Å². The fourth-order valence-electron chi connectivity index (χ4n) is 7.78. The van der Waals surface area contributed by atoms with E-state index in [1.807, 2.05) is 33.3 Å². The van der Waals surface area contributed by atoms with Gasteiger partial charge in [-0.1, -0.05) is 220 Å². The Morgan fingerprint density at radius 3 is 1.33 bits per heavy atom. The number of carbonyl (C=O) groups is 2. The van der Waals surface area contributed by atoms with Gasteiger partial charge in [0.2, 0.25) is 5.91 Å². The molecule has 3 atom stereocenters. The zero-order valence-corrected chi connectivity index (χ0v) is 49.6. The second-order valence-electron chi connectivity index (χ2n) is 20.8. The summed E-state index contributed by atoms with van der Waals surface area (Å²) in [6.07, 6.45) is 74.9. The molecule has 0 aliphatic rings. The van der Waals surface area contributed by atoms with Crippen LogP contribution in [0.25, 0.3) is 0 Å². The first-order chi connectivity index (χ1) is 36.4. The predicted molar refractivity (Wildman–Crippen MR) is 323 cm³/mol. The molecule has 1 amide bonds. The fraction of sp³-hybridized carbons (Fsp3) is 0.662. The molecule has 9 nitrogen and oxygen atoms in total. The third-order valence-corrected chi connectivity index (χ3v) is 13.4. The number of phosphoric acid groups is 1. The summed E-state index contributed by atoms with van der Waals surface area (Å²) in [5.74, 6) is -0.605. The van der Waals surface area contributed by atoms with Crippen molar-refractivity contribution in [2.24, 2.45) is 0 Å². The smallest absolute Gasteiger partial charge is 0.456 e. The molecule has 3 unspecified atom stereocenters. The minimum Gasteiger partial charge on any atom is -0.456 e. The van der Waals surface area contributed by atoms with Crippen molar-refractivity contribution in [3.8, 4) is 0 Å². The van der Waals surface area contributed by atoms with Crippen molar-refractivity contribution in [2.45, 2.75) is 238 Å². The summed E-state index contributed by atoms with van der Waals surface area (Å²) in [4.78, 5) is 37.6. The number of hydrogen-bond donors (Lipinski definition) is 2. The number of hydrogen-bond acceptors (Lipinski definition) is 6. The molecule has 0 aliphatic carbocycles. The Bertz CT molecular complexity index is 1700. The van der Waals surface area contributed by atoms with E-state index in [4.69, 9.17) is 13.8 Å². The van der Waals surface area contributed by atoms with Gasteiger partial charge in [-0.15, -0.1) is 0 Å². The van der Waals surface area contributed by atoms with Crippen molar-refractivity contribution < 1.29 is 37.3 Å². The van der Waals surface area contributed by atoms with Gasteiger partial charge >= 0.3 is 13.8 Å². The minimum atomic E-state index is -4.47. The number of esters is 1. The molecule has 0 heterocycles. The lowest BCUT2D eigenvalue weighted by Gasteiger charge is -2.27. The number of unbranched alkanes of at least 4 members (excludes halogenated alkanes) is 18. The highest BCUT2D eigenvalue weighted by molar-refractivity contribution is 7.47. The predicted octanol–water partition coefficient (Wildman–Crippen LogP) is 18.3. The molecule has 0 aromatic carbocycles. The minimum absolute atomic E-state index is 0.0195. The van der Waals surface area contributed by atoms with Gasteiger partial charge in [-0.05, 0) is 115 Å². The van der Waals surface area contributed by atoms with Crippen LogP contribution in [0.2, 0.25) is 0 Å². The molecule has 0 aromatic rings. The molecule has 0 aliphatic heterocycles. The summed E-state index contributed by atoms with van der Waals surface area (Å²) < 4.78 is 30.6. The van der Waals surface area contributed by atoms with Gasteiger partial charge in [0.15, 0.2) is 0 Å². The summed E-state index contributed by atoms with van der Waals surface area (Å²) in [5.41, 5.74) is 0. The van der Waals surface area contributed by atoms with Gasteiger partial charge in [0, 0.05) is 12.8 Å². The number of carbonyl (C=O) groups excluding carboxylic acids is 2. The molecule has 0 radical (unpaired) electrons. The monoisotopic (exact) mass is 1060 g/mol. The number of allylic oxidation sites excluding steroid dienone is 19. The number of likely N-dealkylation sites (N-methyl/N-ethyl adjacent to an activating group) is 1. The van der Waals surface area contributed by atoms with Gasteiger partial charge in [-0.2, -0.15) is 0 Å². The van der Waals surface area contributed by atoms with E-state index in [1.165, 1.54) is 70.6 Å². The Morgan fingerprint density at radius 1 is 0.480 bits per heavy atom. The van der Waals surface area contributed by atoms with E-state index in [9.17, 15) is 19.0 Å². The lowest BCUT2D eigenvalue weighted by atomic mass is 10.1. The number of rotatable bonds is 52. The number of quaternary nitrogens is 1. The zero-order valence-electron chi connectivity index (χ0n) is 48.7. The summed E-state index contributed by atoms with van der Waals surface area (Å²) >= 11 is 0. The van der Waals surface area contributed by atoms with E-state index >= 15 is 0 Å². The van der Waals surface area contributed by atoms with Crippen molar-refractivity contribution in [3.63, 3.8) is 0 Å². The Hall–Kier alpha value is -3.59. The lowest BCUT2D eigenvalue weighted by molar-refractivity contribution is -0.870. The van der Waals surface area contributed by atoms with Crippen molar-refractivity contribution >= 4 is 19.7 Å². The first-order valence-corrected chi connectivity index (χ1v) is 31.4. The Labute approximate surface area is 461 Å². The van der Waals surface area contributed by atoms with E-state index in [1.54, 1.807) is 0 Å². The van der Waals surface area contributed by atoms with Gasteiger partial charge in [-0.3, -0.25) is 18.6 Å².